The van der Waals surface area contributed by atoms with Gasteiger partial charge in [0.15, 0.2) is 0 Å². The van der Waals surface area contributed by atoms with Crippen molar-refractivity contribution in [2.24, 2.45) is 0 Å². The van der Waals surface area contributed by atoms with Gasteiger partial charge in [-0.1, -0.05) is 30.3 Å². The number of amides is 1. The van der Waals surface area contributed by atoms with E-state index in [0.29, 0.717) is 31.6 Å². The van der Waals surface area contributed by atoms with Crippen LogP contribution in [-0.4, -0.2) is 33.4 Å². The van der Waals surface area contributed by atoms with Crippen molar-refractivity contribution in [1.82, 2.24) is 14.5 Å². The highest BCUT2D eigenvalue weighted by molar-refractivity contribution is 5.80. The van der Waals surface area contributed by atoms with Crippen LogP contribution in [0.4, 0.5) is 4.39 Å². The summed E-state index contributed by atoms with van der Waals surface area (Å²) in [6, 6.07) is 14.7. The normalized spacial score (nSPS) is 17.6. The van der Waals surface area contributed by atoms with E-state index in [1.165, 1.54) is 6.07 Å². The van der Waals surface area contributed by atoms with Crippen molar-refractivity contribution < 1.29 is 9.18 Å². The number of halogens is 1. The van der Waals surface area contributed by atoms with E-state index in [-0.39, 0.29) is 17.6 Å². The van der Waals surface area contributed by atoms with Crippen LogP contribution in [0.15, 0.2) is 48.5 Å². The SMILES string of the molecule is CCN1C[C@H](c2nc3ccccc3n2Cc2ccccc2F)CC1=O. The van der Waals surface area contributed by atoms with E-state index in [1.54, 1.807) is 12.1 Å². The Balaban J connectivity index is 1.79. The second-order valence-corrected chi connectivity index (χ2v) is 6.47. The maximum atomic E-state index is 14.2. The number of rotatable bonds is 4. The molecule has 128 valence electrons. The molecule has 0 N–H and O–H groups in total. The Labute approximate surface area is 145 Å². The number of hydrogen-bond donors (Lipinski definition) is 0. The van der Waals surface area contributed by atoms with Crippen molar-refractivity contribution in [3.05, 3.63) is 65.7 Å². The second-order valence-electron chi connectivity index (χ2n) is 6.47. The first-order valence-electron chi connectivity index (χ1n) is 8.63. The standard InChI is InChI=1S/C20H20FN3O/c1-2-23-12-15(11-19(23)25)20-22-17-9-5-6-10-18(17)24(20)13-14-7-3-4-8-16(14)21/h3-10,15H,2,11-13H2,1H3/t15-/m1/s1. The highest BCUT2D eigenvalue weighted by Crippen LogP contribution is 2.31. The molecule has 1 amide bonds. The molecule has 0 bridgehead atoms. The molecule has 0 saturated carbocycles. The predicted octanol–water partition coefficient (Wildman–Crippen LogP) is 3.56. The molecule has 2 heterocycles. The van der Waals surface area contributed by atoms with E-state index < -0.39 is 0 Å². The molecule has 0 unspecified atom stereocenters. The quantitative estimate of drug-likeness (QED) is 0.730. The molecule has 0 radical (unpaired) electrons. The number of carbonyl (C=O) groups is 1. The van der Waals surface area contributed by atoms with E-state index in [2.05, 4.69) is 4.57 Å². The van der Waals surface area contributed by atoms with Crippen LogP contribution in [0.25, 0.3) is 11.0 Å². The number of likely N-dealkylation sites (tertiary alicyclic amines) is 1. The van der Waals surface area contributed by atoms with Gasteiger partial charge in [0.2, 0.25) is 5.91 Å². The summed E-state index contributed by atoms with van der Waals surface area (Å²) in [6.45, 7) is 3.79. The molecule has 1 atom stereocenters. The summed E-state index contributed by atoms with van der Waals surface area (Å²) >= 11 is 0. The first-order valence-corrected chi connectivity index (χ1v) is 8.63. The van der Waals surface area contributed by atoms with Gasteiger partial charge in [-0.15, -0.1) is 0 Å². The minimum absolute atomic E-state index is 0.0478. The third-order valence-electron chi connectivity index (χ3n) is 4.93. The highest BCUT2D eigenvalue weighted by atomic mass is 19.1. The maximum Gasteiger partial charge on any atom is 0.223 e. The molecule has 25 heavy (non-hydrogen) atoms. The molecule has 0 aliphatic carbocycles. The van der Waals surface area contributed by atoms with Crippen molar-refractivity contribution in [2.45, 2.75) is 25.8 Å². The van der Waals surface area contributed by atoms with Crippen molar-refractivity contribution in [3.8, 4) is 0 Å². The summed E-state index contributed by atoms with van der Waals surface area (Å²) in [4.78, 5) is 18.8. The van der Waals surface area contributed by atoms with Crippen LogP contribution in [-0.2, 0) is 11.3 Å². The molecule has 1 aliphatic rings. The average molecular weight is 337 g/mol. The molecular weight excluding hydrogens is 317 g/mol. The number of aromatic nitrogens is 2. The fourth-order valence-electron chi connectivity index (χ4n) is 3.62. The molecule has 4 nitrogen and oxygen atoms in total. The third-order valence-corrected chi connectivity index (χ3v) is 4.93. The summed E-state index contributed by atoms with van der Waals surface area (Å²) in [7, 11) is 0. The van der Waals surface area contributed by atoms with E-state index in [9.17, 15) is 9.18 Å². The average Bonchev–Trinajstić information content (AvgIpc) is 3.17. The molecule has 5 heteroatoms. The van der Waals surface area contributed by atoms with Crippen LogP contribution in [0.2, 0.25) is 0 Å². The largest absolute Gasteiger partial charge is 0.342 e. The Bertz CT molecular complexity index is 934. The monoisotopic (exact) mass is 337 g/mol. The maximum absolute atomic E-state index is 14.2. The van der Waals surface area contributed by atoms with Gasteiger partial charge in [-0.3, -0.25) is 4.79 Å². The summed E-state index contributed by atoms with van der Waals surface area (Å²) in [5.74, 6) is 0.862. The first kappa shape index (κ1) is 15.8. The van der Waals surface area contributed by atoms with Gasteiger partial charge >= 0.3 is 0 Å². The van der Waals surface area contributed by atoms with E-state index in [1.807, 2.05) is 42.2 Å². The Morgan fingerprint density at radius 2 is 1.92 bits per heavy atom. The lowest BCUT2D eigenvalue weighted by atomic mass is 10.1. The van der Waals surface area contributed by atoms with Crippen LogP contribution >= 0.6 is 0 Å². The number of benzene rings is 2. The van der Waals surface area contributed by atoms with Gasteiger partial charge in [-0.25, -0.2) is 9.37 Å². The molecule has 4 rings (SSSR count). The number of likely N-dealkylation sites (N-methyl/N-ethyl adjacent to an activating group) is 1. The van der Waals surface area contributed by atoms with E-state index in [0.717, 1.165) is 16.9 Å². The smallest absolute Gasteiger partial charge is 0.223 e. The minimum atomic E-state index is -0.219. The summed E-state index contributed by atoms with van der Waals surface area (Å²) < 4.78 is 16.2. The van der Waals surface area contributed by atoms with Gasteiger partial charge in [0.1, 0.15) is 11.6 Å². The number of hydrogen-bond acceptors (Lipinski definition) is 2. The van der Waals surface area contributed by atoms with E-state index >= 15 is 0 Å². The van der Waals surface area contributed by atoms with Crippen LogP contribution in [0, 0.1) is 5.82 Å². The molecule has 1 saturated heterocycles. The molecule has 1 aliphatic heterocycles. The molecule has 1 fully saturated rings. The Kier molecular flexibility index (Phi) is 3.99. The Morgan fingerprint density at radius 3 is 2.68 bits per heavy atom. The van der Waals surface area contributed by atoms with Crippen LogP contribution in [0.3, 0.4) is 0 Å². The van der Waals surface area contributed by atoms with Gasteiger partial charge in [0.25, 0.3) is 0 Å². The Hall–Kier alpha value is -2.69. The fourth-order valence-corrected chi connectivity index (χ4v) is 3.62. The highest BCUT2D eigenvalue weighted by Gasteiger charge is 2.33. The lowest BCUT2D eigenvalue weighted by molar-refractivity contribution is -0.127. The predicted molar refractivity (Wildman–Crippen MR) is 94.8 cm³/mol. The zero-order valence-corrected chi connectivity index (χ0v) is 14.2. The second kappa shape index (κ2) is 6.31. The lowest BCUT2D eigenvalue weighted by Gasteiger charge is -2.15. The number of nitrogens with zero attached hydrogens (tertiary/aromatic N) is 3. The van der Waals surface area contributed by atoms with Gasteiger partial charge in [-0.2, -0.15) is 0 Å². The summed E-state index contributed by atoms with van der Waals surface area (Å²) in [5, 5.41) is 0. The van der Waals surface area contributed by atoms with Gasteiger partial charge in [-0.05, 0) is 25.1 Å². The minimum Gasteiger partial charge on any atom is -0.342 e. The lowest BCUT2D eigenvalue weighted by Crippen LogP contribution is -2.24. The number of imidazole rings is 1. The van der Waals surface area contributed by atoms with Crippen molar-refractivity contribution in [1.29, 1.82) is 0 Å². The van der Waals surface area contributed by atoms with Crippen LogP contribution < -0.4 is 0 Å². The Morgan fingerprint density at radius 1 is 1.16 bits per heavy atom. The third kappa shape index (κ3) is 2.80. The van der Waals surface area contributed by atoms with Crippen LogP contribution in [0.5, 0.6) is 0 Å². The number of carbonyl (C=O) groups excluding carboxylic acids is 1. The fraction of sp³-hybridized carbons (Fsp3) is 0.300. The number of para-hydroxylation sites is 2. The van der Waals surface area contributed by atoms with Gasteiger partial charge < -0.3 is 9.47 Å². The van der Waals surface area contributed by atoms with Crippen molar-refractivity contribution in [2.75, 3.05) is 13.1 Å². The van der Waals surface area contributed by atoms with Crippen molar-refractivity contribution in [3.63, 3.8) is 0 Å². The number of fused-ring (bicyclic) bond motifs is 1. The molecule has 3 aromatic rings. The zero-order chi connectivity index (χ0) is 17.4. The van der Waals surface area contributed by atoms with Crippen molar-refractivity contribution >= 4 is 16.9 Å². The van der Waals surface area contributed by atoms with Gasteiger partial charge in [0, 0.05) is 31.0 Å². The zero-order valence-electron chi connectivity index (χ0n) is 14.2. The van der Waals surface area contributed by atoms with Crippen LogP contribution in [0.1, 0.15) is 30.7 Å². The van der Waals surface area contributed by atoms with Gasteiger partial charge in [0.05, 0.1) is 17.6 Å². The topological polar surface area (TPSA) is 38.1 Å². The molecular formula is C20H20FN3O. The van der Waals surface area contributed by atoms with E-state index in [4.69, 9.17) is 4.98 Å². The molecule has 2 aromatic carbocycles. The first-order chi connectivity index (χ1) is 12.2. The summed E-state index contributed by atoms with van der Waals surface area (Å²) in [5.41, 5.74) is 2.49. The molecule has 1 aromatic heterocycles. The molecule has 0 spiro atoms. The summed E-state index contributed by atoms with van der Waals surface area (Å²) in [6.07, 6.45) is 0.467.